The first-order chi connectivity index (χ1) is 17.8. The third-order valence-corrected chi connectivity index (χ3v) is 7.45. The van der Waals surface area contributed by atoms with Crippen LogP contribution in [0.4, 0.5) is 10.5 Å². The number of halogens is 1. The molecule has 2 aliphatic rings. The van der Waals surface area contributed by atoms with Crippen LogP contribution >= 0.6 is 27.7 Å². The van der Waals surface area contributed by atoms with E-state index in [1.807, 2.05) is 0 Å². The van der Waals surface area contributed by atoms with Crippen LogP contribution in [0.1, 0.15) is 30.4 Å². The number of carbonyl (C=O) groups is 3. The number of benzene rings is 2. The number of imide groups is 1. The molecule has 12 heteroatoms. The van der Waals surface area contributed by atoms with Gasteiger partial charge in [0.2, 0.25) is 5.91 Å². The lowest BCUT2D eigenvalue weighted by atomic mass is 10.1. The lowest BCUT2D eigenvalue weighted by Gasteiger charge is -2.27. The van der Waals surface area contributed by atoms with E-state index in [0.717, 1.165) is 41.5 Å². The normalized spacial score (nSPS) is 16.9. The van der Waals surface area contributed by atoms with Gasteiger partial charge in [-0.3, -0.25) is 29.4 Å². The fraction of sp³-hybridized carbons (Fsp3) is 0.320. The topological polar surface area (TPSA) is 119 Å². The number of nitrogens with zero attached hydrogens (tertiary/aromatic N) is 3. The molecule has 0 saturated carbocycles. The summed E-state index contributed by atoms with van der Waals surface area (Å²) < 4.78 is 11.9. The van der Waals surface area contributed by atoms with Gasteiger partial charge in [-0.15, -0.1) is 0 Å². The first kappa shape index (κ1) is 26.7. The predicted molar refractivity (Wildman–Crippen MR) is 141 cm³/mol. The van der Waals surface area contributed by atoms with E-state index in [1.54, 1.807) is 35.2 Å². The number of nitro groups is 1. The van der Waals surface area contributed by atoms with Crippen LogP contribution in [-0.2, 0) is 16.2 Å². The molecule has 2 aliphatic heterocycles. The van der Waals surface area contributed by atoms with Gasteiger partial charge in [0.15, 0.2) is 11.5 Å². The Morgan fingerprint density at radius 2 is 1.86 bits per heavy atom. The molecule has 2 heterocycles. The van der Waals surface area contributed by atoms with Gasteiger partial charge in [0.1, 0.15) is 13.2 Å². The maximum absolute atomic E-state index is 12.9. The van der Waals surface area contributed by atoms with E-state index in [4.69, 9.17) is 9.47 Å². The summed E-state index contributed by atoms with van der Waals surface area (Å²) in [5.74, 6) is 0.0800. The lowest BCUT2D eigenvalue weighted by Crippen LogP contribution is -2.44. The molecular weight excluding hydrogens is 566 g/mol. The van der Waals surface area contributed by atoms with E-state index in [0.29, 0.717) is 34.6 Å². The predicted octanol–water partition coefficient (Wildman–Crippen LogP) is 4.99. The maximum Gasteiger partial charge on any atom is 0.294 e. The van der Waals surface area contributed by atoms with Crippen LogP contribution in [0, 0.1) is 10.1 Å². The number of ether oxygens (including phenoxy) is 2. The van der Waals surface area contributed by atoms with Crippen molar-refractivity contribution in [3.63, 3.8) is 0 Å². The Balaban J connectivity index is 1.46. The largest absolute Gasteiger partial charge is 0.493 e. The van der Waals surface area contributed by atoms with Gasteiger partial charge in [-0.25, -0.2) is 0 Å². The summed E-state index contributed by atoms with van der Waals surface area (Å²) in [6.07, 6.45) is 4.51. The highest BCUT2D eigenvalue weighted by Gasteiger charge is 2.37. The number of likely N-dealkylation sites (tertiary alicyclic amines) is 1. The van der Waals surface area contributed by atoms with Gasteiger partial charge in [-0.1, -0.05) is 0 Å². The summed E-state index contributed by atoms with van der Waals surface area (Å²) in [7, 11) is 1.48. The van der Waals surface area contributed by atoms with Crippen molar-refractivity contribution in [1.82, 2.24) is 9.80 Å². The van der Waals surface area contributed by atoms with Crippen molar-refractivity contribution >= 4 is 56.5 Å². The van der Waals surface area contributed by atoms with Crippen LogP contribution in [-0.4, -0.2) is 58.5 Å². The zero-order chi connectivity index (χ0) is 26.5. The van der Waals surface area contributed by atoms with Gasteiger partial charge < -0.3 is 14.4 Å². The Kier molecular flexibility index (Phi) is 8.49. The van der Waals surface area contributed by atoms with Crippen LogP contribution in [0.25, 0.3) is 6.08 Å². The average Bonchev–Trinajstić information content (AvgIpc) is 3.15. The minimum absolute atomic E-state index is 0.00728. The SMILES string of the molecule is COc1cc(/C=C2\SC(=O)N(CC(=O)N3CCCCC3)C2=O)cc(Br)c1OCc1ccc([N+](=O)[O-])cc1. The Morgan fingerprint density at radius 3 is 2.51 bits per heavy atom. The van der Waals surface area contributed by atoms with Gasteiger partial charge in [-0.05, 0) is 88.4 Å². The molecule has 194 valence electrons. The van der Waals surface area contributed by atoms with Crippen LogP contribution in [0.3, 0.4) is 0 Å². The fourth-order valence-electron chi connectivity index (χ4n) is 4.00. The minimum atomic E-state index is -0.506. The summed E-state index contributed by atoms with van der Waals surface area (Å²) >= 11 is 4.26. The van der Waals surface area contributed by atoms with Crippen LogP contribution in [0.2, 0.25) is 0 Å². The third-order valence-electron chi connectivity index (χ3n) is 5.96. The van der Waals surface area contributed by atoms with E-state index in [2.05, 4.69) is 15.9 Å². The highest BCUT2D eigenvalue weighted by molar-refractivity contribution is 9.10. The Morgan fingerprint density at radius 1 is 1.16 bits per heavy atom. The number of hydrogen-bond donors (Lipinski definition) is 0. The standard InChI is InChI=1S/C25H24BrN3O7S/c1-35-20-12-17(11-19(26)23(20)36-15-16-5-7-18(8-6-16)29(33)34)13-21-24(31)28(25(32)37-21)14-22(30)27-9-3-2-4-10-27/h5-8,11-13H,2-4,9-10,14-15H2,1H3/b21-13-. The summed E-state index contributed by atoms with van der Waals surface area (Å²) in [6, 6.07) is 9.42. The molecule has 2 saturated heterocycles. The third kappa shape index (κ3) is 6.31. The molecule has 2 fully saturated rings. The van der Waals surface area contributed by atoms with Crippen molar-refractivity contribution in [2.75, 3.05) is 26.7 Å². The summed E-state index contributed by atoms with van der Waals surface area (Å²) in [4.78, 5) is 51.2. The van der Waals surface area contributed by atoms with Gasteiger partial charge >= 0.3 is 0 Å². The second-order valence-corrected chi connectivity index (χ2v) is 10.3. The van der Waals surface area contributed by atoms with E-state index >= 15 is 0 Å². The second-order valence-electron chi connectivity index (χ2n) is 8.46. The van der Waals surface area contributed by atoms with E-state index < -0.39 is 16.1 Å². The molecule has 0 spiro atoms. The molecule has 3 amide bonds. The molecule has 4 rings (SSSR count). The first-order valence-corrected chi connectivity index (χ1v) is 13.1. The van der Waals surface area contributed by atoms with Crippen molar-refractivity contribution in [3.8, 4) is 11.5 Å². The molecule has 0 atom stereocenters. The Hall–Kier alpha value is -3.38. The second kappa shape index (κ2) is 11.8. The van der Waals surface area contributed by atoms with E-state index in [-0.39, 0.29) is 29.7 Å². The quantitative estimate of drug-likeness (QED) is 0.240. The van der Waals surface area contributed by atoms with Crippen molar-refractivity contribution in [2.45, 2.75) is 25.9 Å². The Bertz CT molecular complexity index is 1260. The molecule has 10 nitrogen and oxygen atoms in total. The zero-order valence-electron chi connectivity index (χ0n) is 20.0. The summed E-state index contributed by atoms with van der Waals surface area (Å²) in [6.45, 7) is 1.19. The smallest absolute Gasteiger partial charge is 0.294 e. The zero-order valence-corrected chi connectivity index (χ0v) is 22.4. The average molecular weight is 590 g/mol. The monoisotopic (exact) mass is 589 g/mol. The number of piperidine rings is 1. The number of nitro benzene ring substituents is 1. The van der Waals surface area contributed by atoms with Crippen molar-refractivity contribution in [2.24, 2.45) is 0 Å². The Labute approximate surface area is 225 Å². The molecule has 0 N–H and O–H groups in total. The van der Waals surface area contributed by atoms with E-state index in [9.17, 15) is 24.5 Å². The van der Waals surface area contributed by atoms with Crippen LogP contribution in [0.5, 0.6) is 11.5 Å². The molecule has 0 aromatic heterocycles. The number of rotatable bonds is 8. The number of thioether (sulfide) groups is 1. The van der Waals surface area contributed by atoms with Crippen molar-refractivity contribution in [3.05, 3.63) is 67.0 Å². The van der Waals surface area contributed by atoms with Crippen LogP contribution < -0.4 is 9.47 Å². The molecule has 37 heavy (non-hydrogen) atoms. The van der Waals surface area contributed by atoms with Gasteiger partial charge in [0, 0.05) is 25.2 Å². The highest BCUT2D eigenvalue weighted by Crippen LogP contribution is 2.39. The molecular formula is C25H24BrN3O7S. The fourth-order valence-corrected chi connectivity index (χ4v) is 5.41. The highest BCUT2D eigenvalue weighted by atomic mass is 79.9. The molecule has 2 aromatic carbocycles. The first-order valence-electron chi connectivity index (χ1n) is 11.5. The molecule has 0 bridgehead atoms. The summed E-state index contributed by atoms with van der Waals surface area (Å²) in [5, 5.41) is 10.4. The number of methoxy groups -OCH3 is 1. The number of non-ortho nitro benzene ring substituents is 1. The van der Waals surface area contributed by atoms with Crippen molar-refractivity contribution < 1.29 is 28.8 Å². The lowest BCUT2D eigenvalue weighted by molar-refractivity contribution is -0.384. The maximum atomic E-state index is 12.9. The minimum Gasteiger partial charge on any atom is -0.493 e. The van der Waals surface area contributed by atoms with E-state index in [1.165, 1.54) is 19.2 Å². The van der Waals surface area contributed by atoms with Crippen molar-refractivity contribution in [1.29, 1.82) is 0 Å². The number of carbonyl (C=O) groups excluding carboxylic acids is 3. The molecule has 0 unspecified atom stereocenters. The van der Waals surface area contributed by atoms with Gasteiger partial charge in [-0.2, -0.15) is 0 Å². The number of amides is 3. The van der Waals surface area contributed by atoms with Gasteiger partial charge in [0.25, 0.3) is 16.8 Å². The molecule has 0 radical (unpaired) electrons. The van der Waals surface area contributed by atoms with Crippen LogP contribution in [0.15, 0.2) is 45.8 Å². The molecule has 2 aromatic rings. The summed E-state index contributed by atoms with van der Waals surface area (Å²) in [5.41, 5.74) is 1.32. The van der Waals surface area contributed by atoms with Gasteiger partial charge in [0.05, 0.1) is 21.4 Å². The number of hydrogen-bond acceptors (Lipinski definition) is 8. The molecule has 0 aliphatic carbocycles.